The lowest BCUT2D eigenvalue weighted by Gasteiger charge is -2.08. The molecule has 0 radical (unpaired) electrons. The molecule has 150 valence electrons. The summed E-state index contributed by atoms with van der Waals surface area (Å²) in [5.41, 5.74) is 4.61. The van der Waals surface area contributed by atoms with Crippen LogP contribution in [0.15, 0.2) is 78.0 Å². The van der Waals surface area contributed by atoms with Crippen molar-refractivity contribution >= 4 is 30.0 Å². The molecule has 0 bridgehead atoms. The van der Waals surface area contributed by atoms with Crippen LogP contribution in [-0.2, 0) is 4.79 Å². The molecule has 8 nitrogen and oxygen atoms in total. The van der Waals surface area contributed by atoms with E-state index in [0.717, 1.165) is 11.1 Å². The van der Waals surface area contributed by atoms with Crippen LogP contribution in [0.3, 0.4) is 0 Å². The number of pyridine rings is 1. The average molecular weight is 402 g/mol. The number of nitrogens with one attached hydrogen (secondary N) is 1. The number of hydrogen-bond donors (Lipinski definition) is 1. The third kappa shape index (κ3) is 6.10. The lowest BCUT2D eigenvalue weighted by Crippen LogP contribution is -2.24. The number of ether oxygens (including phenoxy) is 1. The maximum atomic E-state index is 11.9. The summed E-state index contributed by atoms with van der Waals surface area (Å²) in [6.45, 7) is -0.206. The van der Waals surface area contributed by atoms with E-state index in [0.29, 0.717) is 11.4 Å². The summed E-state index contributed by atoms with van der Waals surface area (Å²) in [6, 6.07) is 18.8. The predicted molar refractivity (Wildman–Crippen MR) is 114 cm³/mol. The lowest BCUT2D eigenvalue weighted by atomic mass is 10.1. The number of aromatic nitrogens is 1. The van der Waals surface area contributed by atoms with Gasteiger partial charge in [0.1, 0.15) is 5.75 Å². The van der Waals surface area contributed by atoms with Crippen molar-refractivity contribution in [3.63, 3.8) is 0 Å². The van der Waals surface area contributed by atoms with Gasteiger partial charge in [0, 0.05) is 23.9 Å². The van der Waals surface area contributed by atoms with Crippen LogP contribution in [0.4, 0.5) is 5.69 Å². The van der Waals surface area contributed by atoms with E-state index in [-0.39, 0.29) is 12.3 Å². The SMILES string of the molecule is O=C(COc1ccccc1/C=C/c1ccc([N+](=O)[O-])cc1)N/N=C/c1ccccn1. The Bertz CT molecular complexity index is 1060. The van der Waals surface area contributed by atoms with Crippen molar-refractivity contribution in [2.45, 2.75) is 0 Å². The number of nitro benzene ring substituents is 1. The molecule has 2 aromatic carbocycles. The maximum Gasteiger partial charge on any atom is 0.277 e. The molecule has 8 heteroatoms. The predicted octanol–water partition coefficient (Wildman–Crippen LogP) is 3.69. The number of amides is 1. The maximum absolute atomic E-state index is 11.9. The fraction of sp³-hybridized carbons (Fsp3) is 0.0455. The third-order valence-corrected chi connectivity index (χ3v) is 3.91. The first kappa shape index (κ1) is 20.4. The van der Waals surface area contributed by atoms with Crippen LogP contribution >= 0.6 is 0 Å². The number of nitrogens with zero attached hydrogens (tertiary/aromatic N) is 3. The number of rotatable bonds is 8. The Morgan fingerprint density at radius 3 is 2.57 bits per heavy atom. The number of benzene rings is 2. The van der Waals surface area contributed by atoms with E-state index in [1.165, 1.54) is 18.3 Å². The normalized spacial score (nSPS) is 10.9. The molecular formula is C22H18N4O4. The van der Waals surface area contributed by atoms with Crippen LogP contribution < -0.4 is 10.2 Å². The van der Waals surface area contributed by atoms with Gasteiger partial charge in [-0.3, -0.25) is 19.9 Å². The number of hydrogen-bond acceptors (Lipinski definition) is 6. The van der Waals surface area contributed by atoms with Crippen LogP contribution in [0.1, 0.15) is 16.8 Å². The zero-order chi connectivity index (χ0) is 21.2. The second kappa shape index (κ2) is 10.3. The monoisotopic (exact) mass is 402 g/mol. The van der Waals surface area contributed by atoms with Crippen LogP contribution in [0.25, 0.3) is 12.2 Å². The molecule has 0 saturated carbocycles. The van der Waals surface area contributed by atoms with Crippen LogP contribution in [0.2, 0.25) is 0 Å². The number of para-hydroxylation sites is 1. The van der Waals surface area contributed by atoms with Crippen molar-refractivity contribution in [1.29, 1.82) is 0 Å². The highest BCUT2D eigenvalue weighted by atomic mass is 16.6. The summed E-state index contributed by atoms with van der Waals surface area (Å²) in [5, 5.41) is 14.6. The van der Waals surface area contributed by atoms with E-state index < -0.39 is 10.8 Å². The van der Waals surface area contributed by atoms with E-state index in [4.69, 9.17) is 4.74 Å². The van der Waals surface area contributed by atoms with Crippen molar-refractivity contribution < 1.29 is 14.5 Å². The van der Waals surface area contributed by atoms with Crippen molar-refractivity contribution in [2.75, 3.05) is 6.61 Å². The molecule has 0 unspecified atom stereocenters. The number of nitro groups is 1. The second-order valence-electron chi connectivity index (χ2n) is 6.06. The first-order valence-electron chi connectivity index (χ1n) is 8.99. The van der Waals surface area contributed by atoms with E-state index in [9.17, 15) is 14.9 Å². The topological polar surface area (TPSA) is 107 Å². The van der Waals surface area contributed by atoms with Gasteiger partial charge in [-0.15, -0.1) is 0 Å². The van der Waals surface area contributed by atoms with E-state index in [1.807, 2.05) is 30.4 Å². The first-order chi connectivity index (χ1) is 14.6. The molecule has 1 heterocycles. The Kier molecular flexibility index (Phi) is 6.99. The van der Waals surface area contributed by atoms with E-state index >= 15 is 0 Å². The minimum Gasteiger partial charge on any atom is -0.483 e. The van der Waals surface area contributed by atoms with Crippen molar-refractivity contribution in [1.82, 2.24) is 10.4 Å². The molecule has 0 spiro atoms. The highest BCUT2D eigenvalue weighted by Gasteiger charge is 2.05. The summed E-state index contributed by atoms with van der Waals surface area (Å²) in [4.78, 5) is 26.3. The minimum absolute atomic E-state index is 0.0348. The first-order valence-corrected chi connectivity index (χ1v) is 8.99. The Hall–Kier alpha value is -4.33. The fourth-order valence-electron chi connectivity index (χ4n) is 2.44. The molecule has 1 N–H and O–H groups in total. The molecule has 0 aliphatic carbocycles. The Morgan fingerprint density at radius 1 is 1.07 bits per heavy atom. The second-order valence-corrected chi connectivity index (χ2v) is 6.06. The highest BCUT2D eigenvalue weighted by Crippen LogP contribution is 2.21. The van der Waals surface area contributed by atoms with Crippen molar-refractivity contribution in [3.05, 3.63) is 99.9 Å². The van der Waals surface area contributed by atoms with Crippen molar-refractivity contribution in [2.24, 2.45) is 5.10 Å². The van der Waals surface area contributed by atoms with Crippen LogP contribution in [0, 0.1) is 10.1 Å². The highest BCUT2D eigenvalue weighted by molar-refractivity contribution is 5.81. The van der Waals surface area contributed by atoms with Gasteiger partial charge in [0.2, 0.25) is 0 Å². The largest absolute Gasteiger partial charge is 0.483 e. The standard InChI is InChI=1S/C22H18N4O4/c27-22(25-24-15-19-6-3-4-14-23-19)16-30-21-7-2-1-5-18(21)11-8-17-9-12-20(13-10-17)26(28)29/h1-15H,16H2,(H,25,27)/b11-8+,24-15+. The van der Waals surface area contributed by atoms with Gasteiger partial charge in [-0.2, -0.15) is 5.10 Å². The smallest absolute Gasteiger partial charge is 0.277 e. The molecule has 0 atom stereocenters. The molecule has 1 amide bonds. The van der Waals surface area contributed by atoms with Gasteiger partial charge >= 0.3 is 0 Å². The molecule has 3 rings (SSSR count). The number of hydrazone groups is 1. The summed E-state index contributed by atoms with van der Waals surface area (Å²) in [7, 11) is 0. The number of non-ortho nitro benzene ring substituents is 1. The third-order valence-electron chi connectivity index (χ3n) is 3.91. The quantitative estimate of drug-likeness (QED) is 0.268. The Labute approximate surface area is 172 Å². The van der Waals surface area contributed by atoms with Crippen LogP contribution in [0.5, 0.6) is 5.75 Å². The molecule has 0 aliphatic heterocycles. The summed E-state index contributed by atoms with van der Waals surface area (Å²) in [5.74, 6) is 0.121. The van der Waals surface area contributed by atoms with E-state index in [1.54, 1.807) is 42.6 Å². The minimum atomic E-state index is -0.442. The molecule has 30 heavy (non-hydrogen) atoms. The summed E-state index contributed by atoms with van der Waals surface area (Å²) in [6.07, 6.45) is 6.70. The molecule has 0 aliphatic rings. The number of carbonyl (C=O) groups is 1. The molecule has 1 aromatic heterocycles. The van der Waals surface area contributed by atoms with Gasteiger partial charge in [-0.25, -0.2) is 5.43 Å². The van der Waals surface area contributed by atoms with Crippen molar-refractivity contribution in [3.8, 4) is 5.75 Å². The van der Waals surface area contributed by atoms with Gasteiger partial charge in [0.25, 0.3) is 11.6 Å². The van der Waals surface area contributed by atoms with E-state index in [2.05, 4.69) is 15.5 Å². The molecule has 0 fully saturated rings. The fourth-order valence-corrected chi connectivity index (χ4v) is 2.44. The molecule has 0 saturated heterocycles. The number of carbonyl (C=O) groups excluding carboxylic acids is 1. The Morgan fingerprint density at radius 2 is 1.83 bits per heavy atom. The zero-order valence-corrected chi connectivity index (χ0v) is 15.8. The van der Waals surface area contributed by atoms with Gasteiger partial charge in [-0.1, -0.05) is 36.4 Å². The average Bonchev–Trinajstić information content (AvgIpc) is 2.78. The Balaban J connectivity index is 1.57. The van der Waals surface area contributed by atoms with Gasteiger partial charge < -0.3 is 4.74 Å². The van der Waals surface area contributed by atoms with Gasteiger partial charge in [0.15, 0.2) is 6.61 Å². The summed E-state index contributed by atoms with van der Waals surface area (Å²) < 4.78 is 5.60. The summed E-state index contributed by atoms with van der Waals surface area (Å²) >= 11 is 0. The van der Waals surface area contributed by atoms with Crippen LogP contribution in [-0.4, -0.2) is 28.6 Å². The molecule has 3 aromatic rings. The van der Waals surface area contributed by atoms with Gasteiger partial charge in [-0.05, 0) is 35.9 Å². The lowest BCUT2D eigenvalue weighted by molar-refractivity contribution is -0.384. The molecular weight excluding hydrogens is 384 g/mol. The van der Waals surface area contributed by atoms with Gasteiger partial charge in [0.05, 0.1) is 16.8 Å². The zero-order valence-electron chi connectivity index (χ0n) is 15.8.